The van der Waals surface area contributed by atoms with Gasteiger partial charge in [-0.15, -0.1) is 0 Å². The number of carbonyl (C=O) groups excluding carboxylic acids is 1. The first-order valence-corrected chi connectivity index (χ1v) is 7.92. The van der Waals surface area contributed by atoms with Crippen molar-refractivity contribution in [2.75, 3.05) is 6.54 Å². The maximum Gasteiger partial charge on any atom is 0.490 e. The van der Waals surface area contributed by atoms with Crippen LogP contribution in [0.4, 0.5) is 0 Å². The minimum absolute atomic E-state index is 0.227. The quantitative estimate of drug-likeness (QED) is 0.626. The summed E-state index contributed by atoms with van der Waals surface area (Å²) in [5.74, 6) is -0.227. The maximum absolute atomic E-state index is 12.2. The van der Waals surface area contributed by atoms with Crippen molar-refractivity contribution in [2.24, 2.45) is 0 Å². The predicted molar refractivity (Wildman–Crippen MR) is 86.4 cm³/mol. The molecule has 2 aliphatic heterocycles. The molecule has 1 saturated heterocycles. The summed E-state index contributed by atoms with van der Waals surface area (Å²) in [6, 6.07) is -0.349. The van der Waals surface area contributed by atoms with Gasteiger partial charge in [0.15, 0.2) is 0 Å². The Kier molecular flexibility index (Phi) is 4.50. The second-order valence-corrected chi connectivity index (χ2v) is 8.07. The molecule has 1 unspecified atom stereocenters. The second-order valence-electron chi connectivity index (χ2n) is 8.07. The molecule has 124 valence electrons. The number of hydrogen-bond donors (Lipinski definition) is 1. The van der Waals surface area contributed by atoms with Crippen molar-refractivity contribution in [1.29, 1.82) is 0 Å². The van der Waals surface area contributed by atoms with Gasteiger partial charge in [-0.05, 0) is 60.4 Å². The molecule has 2 heterocycles. The molecule has 0 bridgehead atoms. The molecule has 2 aliphatic rings. The normalized spacial score (nSPS) is 27.5. The van der Waals surface area contributed by atoms with Gasteiger partial charge in [-0.25, -0.2) is 0 Å². The highest BCUT2D eigenvalue weighted by atomic mass is 16.7. The van der Waals surface area contributed by atoms with E-state index in [0.29, 0.717) is 13.0 Å². The molecule has 5 nitrogen and oxygen atoms in total. The lowest BCUT2D eigenvalue weighted by atomic mass is 9.73. The van der Waals surface area contributed by atoms with Gasteiger partial charge in [-0.1, -0.05) is 6.08 Å². The van der Waals surface area contributed by atoms with Crippen LogP contribution in [0.2, 0.25) is 0 Å². The van der Waals surface area contributed by atoms with E-state index in [0.717, 1.165) is 5.47 Å². The molecule has 1 atom stereocenters. The minimum Gasteiger partial charge on any atom is -0.459 e. The van der Waals surface area contributed by atoms with Crippen LogP contribution in [0.1, 0.15) is 54.9 Å². The van der Waals surface area contributed by atoms with Gasteiger partial charge in [-0.2, -0.15) is 0 Å². The van der Waals surface area contributed by atoms with Crippen LogP contribution in [0.5, 0.6) is 0 Å². The van der Waals surface area contributed by atoms with E-state index in [1.807, 2.05) is 54.5 Å². The third kappa shape index (κ3) is 3.73. The number of nitrogens with one attached hydrogen (secondary N) is 1. The molecule has 1 N–H and O–H groups in total. The highest BCUT2D eigenvalue weighted by Gasteiger charge is 2.52. The fourth-order valence-corrected chi connectivity index (χ4v) is 2.45. The number of hydrogen-bond acceptors (Lipinski definition) is 5. The average Bonchev–Trinajstić information content (AvgIpc) is 2.57. The number of carbonyl (C=O) groups is 1. The maximum atomic E-state index is 12.2. The summed E-state index contributed by atoms with van der Waals surface area (Å²) < 4.78 is 17.6. The van der Waals surface area contributed by atoms with Gasteiger partial charge in [-0.3, -0.25) is 4.79 Å². The highest BCUT2D eigenvalue weighted by Crippen LogP contribution is 2.39. The van der Waals surface area contributed by atoms with Crippen molar-refractivity contribution in [1.82, 2.24) is 5.32 Å². The molecule has 22 heavy (non-hydrogen) atoms. The zero-order valence-corrected chi connectivity index (χ0v) is 14.8. The van der Waals surface area contributed by atoms with Crippen LogP contribution < -0.4 is 5.32 Å². The minimum atomic E-state index is -0.482. The SMILES string of the molecule is CC(C)(C)OC(=O)C1CC(B2OC(C)(C)C(C)(C)O2)=CCN1. The Morgan fingerprint density at radius 2 is 1.82 bits per heavy atom. The topological polar surface area (TPSA) is 56.8 Å². The van der Waals surface area contributed by atoms with Gasteiger partial charge in [0.25, 0.3) is 0 Å². The van der Waals surface area contributed by atoms with Gasteiger partial charge < -0.3 is 19.4 Å². The third-order valence-corrected chi connectivity index (χ3v) is 4.42. The van der Waals surface area contributed by atoms with Crippen LogP contribution in [0.15, 0.2) is 11.5 Å². The lowest BCUT2D eigenvalue weighted by Crippen LogP contribution is -2.45. The summed E-state index contributed by atoms with van der Waals surface area (Å²) in [4.78, 5) is 12.2. The van der Waals surface area contributed by atoms with E-state index in [1.54, 1.807) is 0 Å². The highest BCUT2D eigenvalue weighted by molar-refractivity contribution is 6.54. The Labute approximate surface area is 133 Å². The van der Waals surface area contributed by atoms with Gasteiger partial charge in [0.05, 0.1) is 11.2 Å². The Balaban J connectivity index is 2.03. The summed E-state index contributed by atoms with van der Waals surface area (Å²) >= 11 is 0. The van der Waals surface area contributed by atoms with Crippen LogP contribution in [0.25, 0.3) is 0 Å². The lowest BCUT2D eigenvalue weighted by molar-refractivity contribution is -0.157. The van der Waals surface area contributed by atoms with E-state index in [1.165, 1.54) is 0 Å². The summed E-state index contributed by atoms with van der Waals surface area (Å²) in [5.41, 5.74) is -0.215. The molecular weight excluding hydrogens is 281 g/mol. The lowest BCUT2D eigenvalue weighted by Gasteiger charge is -2.32. The molecule has 0 radical (unpaired) electrons. The molecule has 0 aromatic carbocycles. The Morgan fingerprint density at radius 3 is 2.32 bits per heavy atom. The molecule has 2 rings (SSSR count). The monoisotopic (exact) mass is 309 g/mol. The van der Waals surface area contributed by atoms with Crippen LogP contribution in [-0.4, -0.2) is 42.5 Å². The number of rotatable bonds is 2. The molecule has 0 aromatic heterocycles. The van der Waals surface area contributed by atoms with E-state index in [-0.39, 0.29) is 23.2 Å². The largest absolute Gasteiger partial charge is 0.490 e. The average molecular weight is 309 g/mol. The van der Waals surface area contributed by atoms with E-state index in [2.05, 4.69) is 5.32 Å². The molecule has 0 amide bonds. The fourth-order valence-electron chi connectivity index (χ4n) is 2.45. The van der Waals surface area contributed by atoms with E-state index in [9.17, 15) is 4.79 Å². The zero-order valence-electron chi connectivity index (χ0n) is 14.8. The van der Waals surface area contributed by atoms with Crippen molar-refractivity contribution in [3.05, 3.63) is 11.5 Å². The van der Waals surface area contributed by atoms with Crippen LogP contribution in [0.3, 0.4) is 0 Å². The van der Waals surface area contributed by atoms with E-state index in [4.69, 9.17) is 14.0 Å². The van der Waals surface area contributed by atoms with Crippen molar-refractivity contribution < 1.29 is 18.8 Å². The van der Waals surface area contributed by atoms with E-state index >= 15 is 0 Å². The molecule has 6 heteroatoms. The molecule has 0 saturated carbocycles. The predicted octanol–water partition coefficient (Wildman–Crippen LogP) is 2.25. The van der Waals surface area contributed by atoms with Crippen molar-refractivity contribution >= 4 is 13.1 Å². The molecule has 1 fully saturated rings. The second kappa shape index (κ2) is 5.66. The smallest absolute Gasteiger partial charge is 0.459 e. The molecule has 0 spiro atoms. The fraction of sp³-hybridized carbons (Fsp3) is 0.812. The zero-order chi connectivity index (χ0) is 16.8. The summed E-state index contributed by atoms with van der Waals surface area (Å²) in [7, 11) is -0.392. The van der Waals surface area contributed by atoms with Crippen molar-refractivity contribution in [3.8, 4) is 0 Å². The Morgan fingerprint density at radius 1 is 1.27 bits per heavy atom. The van der Waals surface area contributed by atoms with Crippen LogP contribution in [0, 0.1) is 0 Å². The van der Waals surface area contributed by atoms with Gasteiger partial charge in [0, 0.05) is 6.54 Å². The standard InChI is InChI=1S/C16H28BNO4/c1-14(2,3)20-13(19)12-10-11(8-9-18-12)17-21-15(4,5)16(6,7)22-17/h8,12,18H,9-10H2,1-7H3. The van der Waals surface area contributed by atoms with Crippen LogP contribution >= 0.6 is 0 Å². The van der Waals surface area contributed by atoms with Crippen molar-refractivity contribution in [2.45, 2.75) is 77.7 Å². The van der Waals surface area contributed by atoms with Gasteiger partial charge in [0.2, 0.25) is 0 Å². The first-order chi connectivity index (χ1) is 9.91. The van der Waals surface area contributed by atoms with Gasteiger partial charge in [0.1, 0.15) is 11.6 Å². The van der Waals surface area contributed by atoms with Gasteiger partial charge >= 0.3 is 13.1 Å². The van der Waals surface area contributed by atoms with Crippen LogP contribution in [-0.2, 0) is 18.8 Å². The number of esters is 1. The van der Waals surface area contributed by atoms with E-state index < -0.39 is 12.7 Å². The first kappa shape index (κ1) is 17.5. The molecular formula is C16H28BNO4. The summed E-state index contributed by atoms with van der Waals surface area (Å²) in [6.45, 7) is 14.3. The Hall–Kier alpha value is -0.845. The summed E-state index contributed by atoms with van der Waals surface area (Å²) in [5, 5.41) is 3.17. The number of ether oxygens (including phenoxy) is 1. The molecule has 0 aliphatic carbocycles. The third-order valence-electron chi connectivity index (χ3n) is 4.42. The van der Waals surface area contributed by atoms with Crippen molar-refractivity contribution in [3.63, 3.8) is 0 Å². The first-order valence-electron chi connectivity index (χ1n) is 7.92. The Bertz CT molecular complexity index is 463. The summed E-state index contributed by atoms with van der Waals surface area (Å²) in [6.07, 6.45) is 2.59. The molecule has 0 aromatic rings.